The predicted molar refractivity (Wildman–Crippen MR) is 236 cm³/mol. The average Bonchev–Trinajstić information content (AvgIpc) is 3.19. The minimum absolute atomic E-state index is 0.0824. The highest BCUT2D eigenvalue weighted by atomic mass is 16.6. The van der Waals surface area contributed by atoms with Gasteiger partial charge in [-0.2, -0.15) is 0 Å². The van der Waals surface area contributed by atoms with E-state index in [2.05, 4.69) is 13.8 Å². The molecule has 0 saturated carbocycles. The number of carbonyl (C=O) groups excluding carboxylic acids is 4. The Labute approximate surface area is 348 Å². The maximum Gasteiger partial charge on any atom is 0.415 e. The number of benzene rings is 2. The van der Waals surface area contributed by atoms with Crippen LogP contribution in [0, 0.1) is 0 Å². The van der Waals surface area contributed by atoms with E-state index >= 15 is 0 Å². The van der Waals surface area contributed by atoms with Crippen LogP contribution in [0.5, 0.6) is 11.5 Å². The minimum Gasteiger partial charge on any atom is -0.410 e. The highest BCUT2D eigenvalue weighted by Crippen LogP contribution is 2.33. The van der Waals surface area contributed by atoms with E-state index in [-0.39, 0.29) is 24.7 Å². The summed E-state index contributed by atoms with van der Waals surface area (Å²) in [5, 5.41) is 0. The first-order valence-electron chi connectivity index (χ1n) is 22.2. The molecule has 0 radical (unpaired) electrons. The number of likely N-dealkylation sites (N-methyl/N-ethyl adjacent to an activating group) is 2. The zero-order valence-corrected chi connectivity index (χ0v) is 36.1. The molecule has 0 fully saturated rings. The number of nitrogen functional groups attached to an aromatic ring is 2. The highest BCUT2D eigenvalue weighted by molar-refractivity contribution is 6.25. The van der Waals surface area contributed by atoms with Gasteiger partial charge in [-0.15, -0.1) is 0 Å². The monoisotopic (exact) mass is 801 g/mol. The molecule has 320 valence electrons. The summed E-state index contributed by atoms with van der Waals surface area (Å²) in [6.45, 7) is 4.29. The number of nitrogens with two attached hydrogens (primary N) is 2. The first kappa shape index (κ1) is 47.8. The number of allylic oxidation sites excluding steroid dienone is 2. The van der Waals surface area contributed by atoms with Crippen molar-refractivity contribution < 1.29 is 28.7 Å². The number of rotatable bonds is 28. The number of hydrogen-bond donors (Lipinski definition) is 2. The number of carbonyl (C=O) groups is 4. The summed E-state index contributed by atoms with van der Waals surface area (Å²) < 4.78 is 11.2. The molecule has 0 aromatic heterocycles. The molecule has 0 atom stereocenters. The van der Waals surface area contributed by atoms with Gasteiger partial charge in [-0.25, -0.2) is 9.59 Å². The van der Waals surface area contributed by atoms with E-state index < -0.39 is 12.2 Å². The van der Waals surface area contributed by atoms with Crippen molar-refractivity contribution in [2.45, 2.75) is 155 Å². The van der Waals surface area contributed by atoms with Crippen LogP contribution in [0.2, 0.25) is 0 Å². The largest absolute Gasteiger partial charge is 0.415 e. The molecule has 0 spiro atoms. The van der Waals surface area contributed by atoms with Crippen LogP contribution < -0.4 is 20.9 Å². The van der Waals surface area contributed by atoms with E-state index in [1.165, 1.54) is 86.8 Å². The van der Waals surface area contributed by atoms with Gasteiger partial charge >= 0.3 is 12.2 Å². The Bertz CT molecular complexity index is 1550. The van der Waals surface area contributed by atoms with Crippen molar-refractivity contribution in [3.05, 3.63) is 70.8 Å². The summed E-state index contributed by atoms with van der Waals surface area (Å²) in [5.41, 5.74) is 14.2. The molecule has 10 heteroatoms. The molecule has 0 heterocycles. The van der Waals surface area contributed by atoms with Gasteiger partial charge in [0.15, 0.2) is 11.6 Å². The summed E-state index contributed by atoms with van der Waals surface area (Å²) in [6.07, 6.45) is 22.2. The van der Waals surface area contributed by atoms with Gasteiger partial charge in [0, 0.05) is 59.9 Å². The second-order valence-electron chi connectivity index (χ2n) is 16.0. The molecule has 2 amide bonds. The Morgan fingerprint density at radius 3 is 1.10 bits per heavy atom. The van der Waals surface area contributed by atoms with Crippen LogP contribution in [-0.4, -0.2) is 60.7 Å². The van der Waals surface area contributed by atoms with Crippen molar-refractivity contribution >= 4 is 35.1 Å². The molecule has 2 aromatic rings. The Hall–Kier alpha value is -4.60. The molecule has 1 aliphatic rings. The number of amides is 2. The molecule has 10 nitrogen and oxygen atoms in total. The van der Waals surface area contributed by atoms with Crippen LogP contribution in [-0.2, 0) is 9.59 Å². The maximum absolute atomic E-state index is 14.7. The normalized spacial score (nSPS) is 13.0. The van der Waals surface area contributed by atoms with Crippen LogP contribution in [0.4, 0.5) is 21.0 Å². The number of Topliss-reactive ketones (excluding diaryl/α,β-unsaturated/α-hetero) is 2. The Morgan fingerprint density at radius 1 is 0.483 bits per heavy atom. The van der Waals surface area contributed by atoms with Crippen LogP contribution in [0.25, 0.3) is 0 Å². The van der Waals surface area contributed by atoms with Gasteiger partial charge in [-0.05, 0) is 49.9 Å². The lowest BCUT2D eigenvalue weighted by Gasteiger charge is -2.28. The van der Waals surface area contributed by atoms with Crippen molar-refractivity contribution in [2.75, 3.05) is 38.7 Å². The van der Waals surface area contributed by atoms with E-state index in [1.54, 1.807) is 62.6 Å². The third-order valence-electron chi connectivity index (χ3n) is 10.9. The SMILES string of the molecule is CCCCCCCCCCCCC1=C(CN(C)C(=O)Oc2cccc(N)c2)C(=O)C(CCCCCCCCCCCC)=C(CN(C)C(=O)Oc2cccc(N)c2)C1=O. The number of ether oxygens (including phenoxy) is 2. The summed E-state index contributed by atoms with van der Waals surface area (Å²) in [5.74, 6) is 0.0985. The zero-order chi connectivity index (χ0) is 42.1. The van der Waals surface area contributed by atoms with Crippen LogP contribution in [0.1, 0.15) is 155 Å². The molecular formula is C48H72N4O6. The first-order chi connectivity index (χ1) is 28.0. The fraction of sp³-hybridized carbons (Fsp3) is 0.583. The summed E-state index contributed by atoms with van der Waals surface area (Å²) >= 11 is 0. The summed E-state index contributed by atoms with van der Waals surface area (Å²) in [6, 6.07) is 13.2. The third kappa shape index (κ3) is 17.1. The molecular weight excluding hydrogens is 729 g/mol. The molecule has 2 aromatic carbocycles. The average molecular weight is 801 g/mol. The zero-order valence-electron chi connectivity index (χ0n) is 36.1. The second-order valence-corrected chi connectivity index (χ2v) is 16.0. The molecule has 1 aliphatic carbocycles. The number of nitrogens with zero attached hydrogens (tertiary/aromatic N) is 2. The van der Waals surface area contributed by atoms with Crippen LogP contribution >= 0.6 is 0 Å². The van der Waals surface area contributed by atoms with E-state index in [4.69, 9.17) is 20.9 Å². The van der Waals surface area contributed by atoms with Gasteiger partial charge < -0.3 is 30.7 Å². The Morgan fingerprint density at radius 2 is 0.793 bits per heavy atom. The van der Waals surface area contributed by atoms with E-state index in [9.17, 15) is 19.2 Å². The lowest BCUT2D eigenvalue weighted by atomic mass is 9.79. The third-order valence-corrected chi connectivity index (χ3v) is 10.9. The predicted octanol–water partition coefficient (Wildman–Crippen LogP) is 11.8. The molecule has 4 N–H and O–H groups in total. The smallest absolute Gasteiger partial charge is 0.410 e. The lowest BCUT2D eigenvalue weighted by Crippen LogP contribution is -2.39. The summed E-state index contributed by atoms with van der Waals surface area (Å²) in [7, 11) is 3.14. The van der Waals surface area contributed by atoms with Gasteiger partial charge in [0.2, 0.25) is 0 Å². The first-order valence-corrected chi connectivity index (χ1v) is 22.2. The molecule has 0 bridgehead atoms. The molecule has 3 rings (SSSR count). The van der Waals surface area contributed by atoms with Gasteiger partial charge in [0.25, 0.3) is 0 Å². The minimum atomic E-state index is -0.660. The van der Waals surface area contributed by atoms with Crippen molar-refractivity contribution in [1.29, 1.82) is 0 Å². The molecule has 0 aliphatic heterocycles. The number of unbranched alkanes of at least 4 members (excludes halogenated alkanes) is 18. The fourth-order valence-electron chi connectivity index (χ4n) is 7.47. The lowest BCUT2D eigenvalue weighted by molar-refractivity contribution is -0.117. The molecule has 0 unspecified atom stereocenters. The van der Waals surface area contributed by atoms with Crippen molar-refractivity contribution in [2.24, 2.45) is 0 Å². The van der Waals surface area contributed by atoms with E-state index in [0.717, 1.165) is 51.4 Å². The van der Waals surface area contributed by atoms with Gasteiger partial charge in [0.05, 0.1) is 13.1 Å². The standard InChI is InChI=1S/C48H72N4O6/c1-5-7-9-11-13-15-17-19-21-23-31-41-43(35-51(3)47(55)57-39-29-25-27-37(49)33-39)46(54)42(32-24-22-20-18-16-14-12-10-8-6-2)44(45(41)53)36-52(4)48(56)58-40-30-26-28-38(50)34-40/h25-30,33-34H,5-24,31-32,35-36,49-50H2,1-4H3. The molecule has 0 saturated heterocycles. The van der Waals surface area contributed by atoms with Gasteiger partial charge in [-0.1, -0.05) is 142 Å². The Kier molecular flexibility index (Phi) is 22.4. The highest BCUT2D eigenvalue weighted by Gasteiger charge is 2.36. The Balaban J connectivity index is 1.82. The van der Waals surface area contributed by atoms with Crippen molar-refractivity contribution in [1.82, 2.24) is 9.80 Å². The quantitative estimate of drug-likeness (QED) is 0.0491. The van der Waals surface area contributed by atoms with Crippen LogP contribution in [0.15, 0.2) is 70.8 Å². The van der Waals surface area contributed by atoms with E-state index in [1.807, 2.05) is 0 Å². The van der Waals surface area contributed by atoms with Gasteiger partial charge in [0.1, 0.15) is 11.5 Å². The van der Waals surface area contributed by atoms with Crippen LogP contribution in [0.3, 0.4) is 0 Å². The maximum atomic E-state index is 14.7. The molecule has 58 heavy (non-hydrogen) atoms. The van der Waals surface area contributed by atoms with Gasteiger partial charge in [-0.3, -0.25) is 9.59 Å². The number of ketones is 2. The van der Waals surface area contributed by atoms with Crippen molar-refractivity contribution in [3.8, 4) is 11.5 Å². The number of hydrogen-bond acceptors (Lipinski definition) is 8. The van der Waals surface area contributed by atoms with Crippen molar-refractivity contribution in [3.63, 3.8) is 0 Å². The number of anilines is 2. The fourth-order valence-corrected chi connectivity index (χ4v) is 7.47. The second kappa shape index (κ2) is 27.2. The van der Waals surface area contributed by atoms with E-state index in [0.29, 0.717) is 58.0 Å². The summed E-state index contributed by atoms with van der Waals surface area (Å²) in [4.78, 5) is 58.7. The topological polar surface area (TPSA) is 145 Å².